The van der Waals surface area contributed by atoms with E-state index in [-0.39, 0.29) is 30.5 Å². The molecule has 0 saturated heterocycles. The first kappa shape index (κ1) is 25.5. The predicted molar refractivity (Wildman–Crippen MR) is 140 cm³/mol. The molecule has 0 saturated carbocycles. The fourth-order valence-electron chi connectivity index (χ4n) is 3.39. The summed E-state index contributed by atoms with van der Waals surface area (Å²) < 4.78 is 7.18. The van der Waals surface area contributed by atoms with Gasteiger partial charge in [-0.1, -0.05) is 30.7 Å². The van der Waals surface area contributed by atoms with E-state index in [1.807, 2.05) is 12.1 Å². The maximum absolute atomic E-state index is 13.2. The molecule has 1 aliphatic rings. The van der Waals surface area contributed by atoms with E-state index in [4.69, 9.17) is 21.4 Å². The number of nitrogens with zero attached hydrogens (tertiary/aromatic N) is 2. The van der Waals surface area contributed by atoms with E-state index in [9.17, 15) is 14.4 Å². The smallest absolute Gasteiger partial charge is 0.330 e. The molecule has 10 nitrogen and oxygen atoms in total. The van der Waals surface area contributed by atoms with E-state index in [0.29, 0.717) is 22.2 Å². The number of hydrogen-bond acceptors (Lipinski definition) is 7. The summed E-state index contributed by atoms with van der Waals surface area (Å²) in [7, 11) is 0. The first-order chi connectivity index (χ1) is 17.8. The van der Waals surface area contributed by atoms with Crippen LogP contribution in [0.3, 0.4) is 0 Å². The zero-order chi connectivity index (χ0) is 26.4. The lowest BCUT2D eigenvalue weighted by Gasteiger charge is -2.17. The van der Waals surface area contributed by atoms with Crippen molar-refractivity contribution in [2.45, 2.75) is 25.9 Å². The highest BCUT2D eigenvalue weighted by atomic mass is 35.5. The number of carbonyl (C=O) groups is 2. The summed E-state index contributed by atoms with van der Waals surface area (Å²) in [6.07, 6.45) is 6.12. The number of aliphatic carboxylic acids is 1. The van der Waals surface area contributed by atoms with E-state index in [1.54, 1.807) is 49.4 Å². The topological polar surface area (TPSA) is 135 Å². The molecule has 4 N–H and O–H groups in total. The van der Waals surface area contributed by atoms with Crippen molar-refractivity contribution >= 4 is 40.8 Å². The van der Waals surface area contributed by atoms with Crippen LogP contribution >= 0.6 is 11.6 Å². The maximum Gasteiger partial charge on any atom is 0.330 e. The number of carboxylic acids is 1. The number of dihydropyridines is 1. The summed E-state index contributed by atoms with van der Waals surface area (Å²) >= 11 is 5.99. The fraction of sp³-hybridized carbons (Fsp3) is 0.154. The predicted octanol–water partition coefficient (Wildman–Crippen LogP) is 3.87. The van der Waals surface area contributed by atoms with E-state index in [1.165, 1.54) is 23.0 Å². The summed E-state index contributed by atoms with van der Waals surface area (Å²) in [5.41, 5.74) is 1.15. The lowest BCUT2D eigenvalue weighted by Crippen LogP contribution is -2.33. The van der Waals surface area contributed by atoms with Gasteiger partial charge in [0.15, 0.2) is 0 Å². The Morgan fingerprint density at radius 3 is 2.51 bits per heavy atom. The van der Waals surface area contributed by atoms with Gasteiger partial charge in [0.1, 0.15) is 23.2 Å². The van der Waals surface area contributed by atoms with E-state index >= 15 is 0 Å². The van der Waals surface area contributed by atoms with Crippen molar-refractivity contribution in [1.82, 2.24) is 14.9 Å². The number of amides is 1. The minimum Gasteiger partial charge on any atom is -0.479 e. The molecule has 0 spiro atoms. The van der Waals surface area contributed by atoms with Gasteiger partial charge in [0.05, 0.1) is 12.7 Å². The third-order valence-electron chi connectivity index (χ3n) is 5.37. The average Bonchev–Trinajstić information content (AvgIpc) is 2.90. The summed E-state index contributed by atoms with van der Waals surface area (Å²) in [5, 5.41) is 18.1. The van der Waals surface area contributed by atoms with E-state index < -0.39 is 17.6 Å². The molecule has 1 amide bonds. The molecule has 37 heavy (non-hydrogen) atoms. The minimum absolute atomic E-state index is 0.0858. The molecule has 0 bridgehead atoms. The first-order valence-corrected chi connectivity index (χ1v) is 11.8. The van der Waals surface area contributed by atoms with Gasteiger partial charge in [-0.3, -0.25) is 14.2 Å². The Morgan fingerprint density at radius 1 is 1.16 bits per heavy atom. The van der Waals surface area contributed by atoms with Gasteiger partial charge >= 0.3 is 5.97 Å². The van der Waals surface area contributed by atoms with E-state index in [0.717, 1.165) is 5.56 Å². The Labute approximate surface area is 217 Å². The van der Waals surface area contributed by atoms with Crippen LogP contribution in [0.25, 0.3) is 0 Å². The highest BCUT2D eigenvalue weighted by molar-refractivity contribution is 6.30. The highest BCUT2D eigenvalue weighted by Gasteiger charge is 2.16. The van der Waals surface area contributed by atoms with Crippen molar-refractivity contribution in [2.24, 2.45) is 0 Å². The number of aromatic nitrogens is 2. The molecule has 11 heteroatoms. The van der Waals surface area contributed by atoms with Gasteiger partial charge in [0.2, 0.25) is 11.9 Å². The molecule has 4 rings (SSSR count). The van der Waals surface area contributed by atoms with Gasteiger partial charge < -0.3 is 25.8 Å². The SMILES string of the molecule is CCC(=O)Nc1cnc(Nc2ccc(OC3=CNC(C(=O)O)C=C3)cc2)n(Cc2ccc(Cl)cc2)c1=O. The number of allylic oxidation sites excluding steroid dienone is 1. The number of rotatable bonds is 9. The van der Waals surface area contributed by atoms with Crippen LogP contribution in [-0.4, -0.2) is 32.6 Å². The van der Waals surface area contributed by atoms with Crippen molar-refractivity contribution in [3.05, 3.63) is 99.8 Å². The van der Waals surface area contributed by atoms with Crippen molar-refractivity contribution < 1.29 is 19.4 Å². The molecule has 0 fully saturated rings. The summed E-state index contributed by atoms with van der Waals surface area (Å²) in [5.74, 6) is 0.00302. The molecular formula is C26H24ClN5O5. The highest BCUT2D eigenvalue weighted by Crippen LogP contribution is 2.22. The molecule has 0 radical (unpaired) electrons. The summed E-state index contributed by atoms with van der Waals surface area (Å²) in [6.45, 7) is 1.90. The number of nitrogens with one attached hydrogen (secondary N) is 3. The van der Waals surface area contributed by atoms with Crippen LogP contribution in [0, 0.1) is 0 Å². The van der Waals surface area contributed by atoms with Gasteiger partial charge in [-0.2, -0.15) is 0 Å². The third-order valence-corrected chi connectivity index (χ3v) is 5.62. The van der Waals surface area contributed by atoms with Crippen LogP contribution in [0.5, 0.6) is 5.75 Å². The van der Waals surface area contributed by atoms with Gasteiger partial charge in [-0.05, 0) is 54.1 Å². The van der Waals surface area contributed by atoms with Crippen LogP contribution in [0.15, 0.2) is 83.6 Å². The number of benzene rings is 2. The molecule has 2 aromatic carbocycles. The largest absolute Gasteiger partial charge is 0.479 e. The molecule has 0 aliphatic carbocycles. The second-order valence-electron chi connectivity index (χ2n) is 8.05. The average molecular weight is 522 g/mol. The van der Waals surface area contributed by atoms with Gasteiger partial charge in [-0.15, -0.1) is 0 Å². The number of carbonyl (C=O) groups excluding carboxylic acids is 1. The van der Waals surface area contributed by atoms with E-state index in [2.05, 4.69) is 20.9 Å². The van der Waals surface area contributed by atoms with Crippen molar-refractivity contribution in [3.63, 3.8) is 0 Å². The Balaban J connectivity index is 1.54. The molecular weight excluding hydrogens is 498 g/mol. The zero-order valence-corrected chi connectivity index (χ0v) is 20.5. The van der Waals surface area contributed by atoms with Crippen molar-refractivity contribution in [1.29, 1.82) is 0 Å². The molecule has 1 atom stereocenters. The monoisotopic (exact) mass is 521 g/mol. The lowest BCUT2D eigenvalue weighted by atomic mass is 10.2. The number of anilines is 3. The molecule has 3 aromatic rings. The summed E-state index contributed by atoms with van der Waals surface area (Å²) in [6, 6.07) is 13.2. The van der Waals surface area contributed by atoms with Crippen LogP contribution < -0.4 is 26.2 Å². The molecule has 1 unspecified atom stereocenters. The molecule has 1 aromatic heterocycles. The van der Waals surface area contributed by atoms with Crippen LogP contribution in [0.1, 0.15) is 18.9 Å². The second-order valence-corrected chi connectivity index (χ2v) is 8.49. The molecule has 1 aliphatic heterocycles. The normalized spacial score (nSPS) is 14.3. The van der Waals surface area contributed by atoms with Crippen molar-refractivity contribution in [3.8, 4) is 5.75 Å². The Morgan fingerprint density at radius 2 is 1.89 bits per heavy atom. The van der Waals surface area contributed by atoms with Gasteiger partial charge in [0, 0.05) is 23.3 Å². The Hall–Kier alpha value is -4.57. The standard InChI is InChI=1S/C26H24ClN5O5/c1-2-23(33)31-22-14-29-26(32(24(22)34)15-16-3-5-17(27)6-4-16)30-18-7-9-19(10-8-18)37-20-11-12-21(25(35)36)28-13-20/h3-14,21,28H,2,15H2,1H3,(H,29,30)(H,31,33)(H,35,36). The maximum atomic E-state index is 13.2. The van der Waals surface area contributed by atoms with Crippen LogP contribution in [-0.2, 0) is 16.1 Å². The minimum atomic E-state index is -0.981. The van der Waals surface area contributed by atoms with Crippen molar-refractivity contribution in [2.75, 3.05) is 10.6 Å². The van der Waals surface area contributed by atoms with Gasteiger partial charge in [0.25, 0.3) is 5.56 Å². The number of hydrogen-bond donors (Lipinski definition) is 4. The number of halogens is 1. The summed E-state index contributed by atoms with van der Waals surface area (Å²) in [4.78, 5) is 40.5. The number of carboxylic acid groups (broad SMARTS) is 1. The fourth-order valence-corrected chi connectivity index (χ4v) is 3.52. The lowest BCUT2D eigenvalue weighted by molar-refractivity contribution is -0.137. The Bertz CT molecular complexity index is 1410. The quantitative estimate of drug-likeness (QED) is 0.333. The molecule has 2 heterocycles. The van der Waals surface area contributed by atoms with Gasteiger partial charge in [-0.25, -0.2) is 9.78 Å². The zero-order valence-electron chi connectivity index (χ0n) is 19.8. The first-order valence-electron chi connectivity index (χ1n) is 11.4. The van der Waals surface area contributed by atoms with Crippen LogP contribution in [0.4, 0.5) is 17.3 Å². The Kier molecular flexibility index (Phi) is 7.89. The second kappa shape index (κ2) is 11.4. The number of ether oxygens (including phenoxy) is 1. The van der Waals surface area contributed by atoms with Crippen LogP contribution in [0.2, 0.25) is 5.02 Å². The molecule has 190 valence electrons. The third kappa shape index (κ3) is 6.56.